The molecule has 0 aromatic carbocycles. The van der Waals surface area contributed by atoms with E-state index in [0.29, 0.717) is 5.82 Å². The Morgan fingerprint density at radius 1 is 1.20 bits per heavy atom. The SMILES string of the molecule is CC(C)n1nccc1NC(=O)[C@H](C)OC(=O)c1ncc(Cl)c(Cl)c1Cl. The molecular weight excluding hydrogens is 391 g/mol. The van der Waals surface area contributed by atoms with Crippen LogP contribution in [0, 0.1) is 0 Å². The molecule has 0 fully saturated rings. The van der Waals surface area contributed by atoms with Crippen molar-refractivity contribution >= 4 is 52.5 Å². The maximum atomic E-state index is 12.2. The molecule has 1 amide bonds. The van der Waals surface area contributed by atoms with Gasteiger partial charge in [-0.1, -0.05) is 34.8 Å². The summed E-state index contributed by atoms with van der Waals surface area (Å²) < 4.78 is 6.72. The number of nitrogens with zero attached hydrogens (tertiary/aromatic N) is 3. The molecule has 2 aromatic rings. The van der Waals surface area contributed by atoms with Crippen molar-refractivity contribution in [2.24, 2.45) is 0 Å². The van der Waals surface area contributed by atoms with E-state index in [1.54, 1.807) is 16.9 Å². The van der Waals surface area contributed by atoms with Gasteiger partial charge in [-0.25, -0.2) is 14.5 Å². The minimum absolute atomic E-state index is 0.0109. The molecule has 10 heteroatoms. The van der Waals surface area contributed by atoms with Crippen LogP contribution in [0.15, 0.2) is 18.5 Å². The molecule has 1 N–H and O–H groups in total. The first kappa shape index (κ1) is 19.5. The van der Waals surface area contributed by atoms with E-state index in [1.807, 2.05) is 13.8 Å². The standard InChI is InChI=1S/C15H15Cl3N4O3/c1-7(2)22-10(4-5-20-22)21-14(23)8(3)25-15(24)13-12(18)11(17)9(16)6-19-13/h4-8H,1-3H3,(H,21,23)/t8-/m0/s1. The number of anilines is 1. The average Bonchev–Trinajstić information content (AvgIpc) is 3.00. The fraction of sp³-hybridized carbons (Fsp3) is 0.333. The predicted octanol–water partition coefficient (Wildman–Crippen LogP) is 4.00. The molecule has 0 aliphatic carbocycles. The Kier molecular flexibility index (Phi) is 6.26. The number of hydrogen-bond donors (Lipinski definition) is 1. The van der Waals surface area contributed by atoms with Gasteiger partial charge in [0.15, 0.2) is 11.8 Å². The Morgan fingerprint density at radius 2 is 1.88 bits per heavy atom. The fourth-order valence-electron chi connectivity index (χ4n) is 1.91. The normalized spacial score (nSPS) is 12.1. The molecule has 25 heavy (non-hydrogen) atoms. The van der Waals surface area contributed by atoms with E-state index in [-0.39, 0.29) is 26.8 Å². The van der Waals surface area contributed by atoms with E-state index >= 15 is 0 Å². The summed E-state index contributed by atoms with van der Waals surface area (Å²) in [6.45, 7) is 5.27. The first-order valence-corrected chi connectivity index (χ1v) is 8.40. The maximum absolute atomic E-state index is 12.2. The number of carbonyl (C=O) groups is 2. The number of esters is 1. The summed E-state index contributed by atoms with van der Waals surface area (Å²) in [5.74, 6) is -0.913. The van der Waals surface area contributed by atoms with Crippen molar-refractivity contribution < 1.29 is 14.3 Å². The van der Waals surface area contributed by atoms with E-state index in [9.17, 15) is 9.59 Å². The molecule has 0 aliphatic rings. The van der Waals surface area contributed by atoms with Crippen LogP contribution in [-0.4, -0.2) is 32.7 Å². The number of amides is 1. The van der Waals surface area contributed by atoms with Crippen molar-refractivity contribution in [3.63, 3.8) is 0 Å². The molecule has 134 valence electrons. The molecule has 0 bridgehead atoms. The van der Waals surface area contributed by atoms with Crippen molar-refractivity contribution in [1.82, 2.24) is 14.8 Å². The molecule has 1 atom stereocenters. The van der Waals surface area contributed by atoms with Crippen LogP contribution in [0.25, 0.3) is 0 Å². The smallest absolute Gasteiger partial charge is 0.359 e. The quantitative estimate of drug-likeness (QED) is 0.760. The van der Waals surface area contributed by atoms with E-state index in [2.05, 4.69) is 15.4 Å². The number of ether oxygens (including phenoxy) is 1. The minimum atomic E-state index is -1.09. The van der Waals surface area contributed by atoms with Crippen LogP contribution in [0.2, 0.25) is 15.1 Å². The fourth-order valence-corrected chi connectivity index (χ4v) is 2.47. The van der Waals surface area contributed by atoms with Gasteiger partial charge in [0.05, 0.1) is 21.3 Å². The van der Waals surface area contributed by atoms with Gasteiger partial charge < -0.3 is 10.1 Å². The molecule has 2 rings (SSSR count). The zero-order valence-electron chi connectivity index (χ0n) is 13.6. The highest BCUT2D eigenvalue weighted by atomic mass is 35.5. The van der Waals surface area contributed by atoms with Gasteiger partial charge in [-0.15, -0.1) is 0 Å². The number of halogens is 3. The van der Waals surface area contributed by atoms with Gasteiger partial charge >= 0.3 is 5.97 Å². The summed E-state index contributed by atoms with van der Waals surface area (Å²) in [6.07, 6.45) is 1.65. The second-order valence-corrected chi connectivity index (χ2v) is 6.54. The number of rotatable bonds is 5. The highest BCUT2D eigenvalue weighted by molar-refractivity contribution is 6.48. The zero-order chi connectivity index (χ0) is 18.7. The van der Waals surface area contributed by atoms with Crippen LogP contribution < -0.4 is 5.32 Å². The van der Waals surface area contributed by atoms with Gasteiger partial charge in [0, 0.05) is 18.3 Å². The van der Waals surface area contributed by atoms with E-state index in [4.69, 9.17) is 39.5 Å². The van der Waals surface area contributed by atoms with Crippen molar-refractivity contribution in [2.45, 2.75) is 32.9 Å². The summed E-state index contributed by atoms with van der Waals surface area (Å²) in [4.78, 5) is 28.2. The molecule has 0 spiro atoms. The lowest BCUT2D eigenvalue weighted by molar-refractivity contribution is -0.123. The molecule has 2 aromatic heterocycles. The van der Waals surface area contributed by atoms with E-state index in [1.165, 1.54) is 13.1 Å². The molecular formula is C15H15Cl3N4O3. The van der Waals surface area contributed by atoms with Crippen molar-refractivity contribution in [1.29, 1.82) is 0 Å². The Labute approximate surface area is 159 Å². The maximum Gasteiger partial charge on any atom is 0.359 e. The topological polar surface area (TPSA) is 86.1 Å². The van der Waals surface area contributed by atoms with Crippen LogP contribution in [-0.2, 0) is 9.53 Å². The monoisotopic (exact) mass is 404 g/mol. The number of nitrogens with one attached hydrogen (secondary N) is 1. The third-order valence-electron chi connectivity index (χ3n) is 3.17. The Hall–Kier alpha value is -1.83. The summed E-state index contributed by atoms with van der Waals surface area (Å²) >= 11 is 17.6. The molecule has 0 saturated heterocycles. The summed E-state index contributed by atoms with van der Waals surface area (Å²) in [5, 5.41) is 6.71. The molecule has 2 heterocycles. The lowest BCUT2D eigenvalue weighted by Gasteiger charge is -2.16. The van der Waals surface area contributed by atoms with Crippen molar-refractivity contribution in [3.05, 3.63) is 39.2 Å². The van der Waals surface area contributed by atoms with Crippen LogP contribution in [0.4, 0.5) is 5.82 Å². The number of carbonyl (C=O) groups excluding carboxylic acids is 2. The highest BCUT2D eigenvalue weighted by Crippen LogP contribution is 2.31. The molecule has 0 saturated carbocycles. The lowest BCUT2D eigenvalue weighted by atomic mass is 10.3. The van der Waals surface area contributed by atoms with Gasteiger partial charge in [0.2, 0.25) is 0 Å². The van der Waals surface area contributed by atoms with E-state index < -0.39 is 18.0 Å². The van der Waals surface area contributed by atoms with Crippen LogP contribution in [0.5, 0.6) is 0 Å². The molecule has 0 radical (unpaired) electrons. The zero-order valence-corrected chi connectivity index (χ0v) is 15.9. The van der Waals surface area contributed by atoms with Crippen molar-refractivity contribution in [3.8, 4) is 0 Å². The third-order valence-corrected chi connectivity index (χ3v) is 4.41. The van der Waals surface area contributed by atoms with Crippen LogP contribution in [0.3, 0.4) is 0 Å². The number of pyridine rings is 1. The summed E-state index contributed by atoms with van der Waals surface area (Å²) in [5.41, 5.74) is -0.220. The van der Waals surface area contributed by atoms with Gasteiger partial charge in [0.25, 0.3) is 5.91 Å². The first-order chi connectivity index (χ1) is 11.7. The lowest BCUT2D eigenvalue weighted by Crippen LogP contribution is -2.31. The molecule has 7 nitrogen and oxygen atoms in total. The van der Waals surface area contributed by atoms with Crippen molar-refractivity contribution in [2.75, 3.05) is 5.32 Å². The summed E-state index contributed by atoms with van der Waals surface area (Å²) in [6, 6.07) is 1.70. The second kappa shape index (κ2) is 8.03. The minimum Gasteiger partial charge on any atom is -0.448 e. The average molecular weight is 406 g/mol. The van der Waals surface area contributed by atoms with Gasteiger partial charge in [-0.3, -0.25) is 4.79 Å². The van der Waals surface area contributed by atoms with Gasteiger partial charge in [0.1, 0.15) is 5.82 Å². The number of hydrogen-bond acceptors (Lipinski definition) is 5. The van der Waals surface area contributed by atoms with Crippen LogP contribution in [0.1, 0.15) is 37.3 Å². The predicted molar refractivity (Wildman–Crippen MR) is 95.4 cm³/mol. The van der Waals surface area contributed by atoms with Crippen LogP contribution >= 0.6 is 34.8 Å². The summed E-state index contributed by atoms with van der Waals surface area (Å²) in [7, 11) is 0. The van der Waals surface area contributed by atoms with Gasteiger partial charge in [-0.05, 0) is 20.8 Å². The first-order valence-electron chi connectivity index (χ1n) is 7.27. The molecule has 0 aliphatic heterocycles. The number of aromatic nitrogens is 3. The Morgan fingerprint density at radius 3 is 2.52 bits per heavy atom. The third kappa shape index (κ3) is 4.42. The highest BCUT2D eigenvalue weighted by Gasteiger charge is 2.24. The van der Waals surface area contributed by atoms with Gasteiger partial charge in [-0.2, -0.15) is 5.10 Å². The van der Waals surface area contributed by atoms with E-state index in [0.717, 1.165) is 0 Å². The second-order valence-electron chi connectivity index (χ2n) is 5.37. The Balaban J connectivity index is 2.07. The molecule has 0 unspecified atom stereocenters. The Bertz CT molecular complexity index is 807. The largest absolute Gasteiger partial charge is 0.448 e.